The van der Waals surface area contributed by atoms with Gasteiger partial charge < -0.3 is 14.8 Å². The molecule has 0 fully saturated rings. The molecule has 1 amide bonds. The Labute approximate surface area is 183 Å². The Morgan fingerprint density at radius 1 is 1.10 bits per heavy atom. The topological polar surface area (TPSA) is 91.2 Å². The van der Waals surface area contributed by atoms with Crippen molar-refractivity contribution in [1.82, 2.24) is 25.1 Å². The molecule has 0 unspecified atom stereocenters. The normalized spacial score (nSPS) is 10.7. The molecule has 0 saturated carbocycles. The summed E-state index contributed by atoms with van der Waals surface area (Å²) in [6.07, 6.45) is 3.13. The number of amides is 1. The molecule has 0 atom stereocenters. The van der Waals surface area contributed by atoms with Crippen molar-refractivity contribution in [3.8, 4) is 27.8 Å². The third-order valence-electron chi connectivity index (χ3n) is 4.71. The second-order valence-corrected chi connectivity index (χ2v) is 7.69. The number of methoxy groups -OCH3 is 2. The number of benzene rings is 2. The van der Waals surface area contributed by atoms with Crippen LogP contribution in [0.5, 0.6) is 11.5 Å². The predicted molar refractivity (Wildman–Crippen MR) is 118 cm³/mol. The fourth-order valence-electron chi connectivity index (χ4n) is 3.07. The molecule has 8 nitrogen and oxygen atoms in total. The molecular formula is C22H21N5O3S. The number of carbonyl (C=O) groups is 1. The second kappa shape index (κ2) is 8.97. The number of nitrogens with zero attached hydrogens (tertiary/aromatic N) is 4. The number of carbonyl (C=O) groups excluding carboxylic acids is 1. The van der Waals surface area contributed by atoms with Gasteiger partial charge in [-0.2, -0.15) is 5.10 Å². The molecule has 9 heteroatoms. The Hall–Kier alpha value is -3.72. The highest BCUT2D eigenvalue weighted by Gasteiger charge is 2.17. The van der Waals surface area contributed by atoms with Crippen LogP contribution in [0.25, 0.3) is 16.3 Å². The number of aryl methyl sites for hydroxylation is 1. The van der Waals surface area contributed by atoms with E-state index >= 15 is 0 Å². The minimum Gasteiger partial charge on any atom is -0.493 e. The van der Waals surface area contributed by atoms with Crippen molar-refractivity contribution in [3.63, 3.8) is 0 Å². The van der Waals surface area contributed by atoms with Gasteiger partial charge in [0.25, 0.3) is 5.91 Å². The Morgan fingerprint density at radius 3 is 2.55 bits per heavy atom. The van der Waals surface area contributed by atoms with E-state index in [0.29, 0.717) is 28.6 Å². The van der Waals surface area contributed by atoms with E-state index in [2.05, 4.69) is 20.4 Å². The van der Waals surface area contributed by atoms with Crippen molar-refractivity contribution in [2.24, 2.45) is 0 Å². The first-order valence-electron chi connectivity index (χ1n) is 9.51. The fourth-order valence-corrected chi connectivity index (χ4v) is 4.05. The van der Waals surface area contributed by atoms with E-state index in [1.165, 1.54) is 17.7 Å². The number of aromatic nitrogens is 4. The molecular weight excluding hydrogens is 414 g/mol. The Bertz CT molecular complexity index is 1190. The summed E-state index contributed by atoms with van der Waals surface area (Å²) in [4.78, 5) is 21.9. The van der Waals surface area contributed by atoms with Crippen LogP contribution < -0.4 is 14.8 Å². The summed E-state index contributed by atoms with van der Waals surface area (Å²) >= 11 is 1.35. The molecule has 0 aliphatic rings. The van der Waals surface area contributed by atoms with E-state index < -0.39 is 0 Å². The van der Waals surface area contributed by atoms with Crippen molar-refractivity contribution >= 4 is 17.2 Å². The van der Waals surface area contributed by atoms with Gasteiger partial charge >= 0.3 is 0 Å². The first-order valence-corrected chi connectivity index (χ1v) is 10.3. The van der Waals surface area contributed by atoms with E-state index in [1.807, 2.05) is 49.4 Å². The molecule has 0 aliphatic carbocycles. The first-order chi connectivity index (χ1) is 15.1. The lowest BCUT2D eigenvalue weighted by Gasteiger charge is -2.08. The number of thiazole rings is 1. The van der Waals surface area contributed by atoms with Crippen molar-refractivity contribution in [2.45, 2.75) is 13.5 Å². The van der Waals surface area contributed by atoms with Crippen molar-refractivity contribution < 1.29 is 14.3 Å². The zero-order chi connectivity index (χ0) is 21.8. The van der Waals surface area contributed by atoms with Gasteiger partial charge in [-0.25, -0.2) is 14.6 Å². The van der Waals surface area contributed by atoms with Gasteiger partial charge in [0, 0.05) is 12.1 Å². The quantitative estimate of drug-likeness (QED) is 0.477. The average molecular weight is 436 g/mol. The summed E-state index contributed by atoms with van der Waals surface area (Å²) in [5, 5.41) is 7.82. The van der Waals surface area contributed by atoms with E-state index in [0.717, 1.165) is 21.8 Å². The second-order valence-electron chi connectivity index (χ2n) is 6.69. The smallest absolute Gasteiger partial charge is 0.263 e. The number of ether oxygens (including phenoxy) is 2. The maximum atomic E-state index is 12.8. The van der Waals surface area contributed by atoms with Gasteiger partial charge in [-0.05, 0) is 42.8 Å². The summed E-state index contributed by atoms with van der Waals surface area (Å²) < 4.78 is 12.3. The van der Waals surface area contributed by atoms with E-state index in [1.54, 1.807) is 25.2 Å². The minimum absolute atomic E-state index is 0.151. The molecule has 158 valence electrons. The van der Waals surface area contributed by atoms with Crippen LogP contribution in [0.4, 0.5) is 0 Å². The standard InChI is InChI=1S/C22H21N5O3S/c1-14-20(31-22(26-14)16-6-9-18(29-2)19(10-16)30-3)21(28)24-11-15-4-7-17(8-5-15)27-13-23-12-25-27/h4-10,12-13H,11H2,1-3H3,(H,24,28). The molecule has 31 heavy (non-hydrogen) atoms. The van der Waals surface area contributed by atoms with Crippen molar-refractivity contribution in [2.75, 3.05) is 14.2 Å². The zero-order valence-electron chi connectivity index (χ0n) is 17.3. The van der Waals surface area contributed by atoms with Gasteiger partial charge in [-0.15, -0.1) is 11.3 Å². The Morgan fingerprint density at radius 2 is 1.87 bits per heavy atom. The van der Waals surface area contributed by atoms with Gasteiger partial charge in [-0.3, -0.25) is 4.79 Å². The van der Waals surface area contributed by atoms with Crippen molar-refractivity contribution in [3.05, 3.63) is 71.3 Å². The summed E-state index contributed by atoms with van der Waals surface area (Å²) in [5.41, 5.74) is 3.45. The minimum atomic E-state index is -0.151. The van der Waals surface area contributed by atoms with Gasteiger partial charge in [0.15, 0.2) is 11.5 Å². The summed E-state index contributed by atoms with van der Waals surface area (Å²) in [5.74, 6) is 1.11. The van der Waals surface area contributed by atoms with Crippen LogP contribution in [0.2, 0.25) is 0 Å². The molecule has 1 N–H and O–H groups in total. The third-order valence-corrected chi connectivity index (χ3v) is 5.91. The first kappa shape index (κ1) is 20.5. The van der Waals surface area contributed by atoms with Crippen LogP contribution in [0.1, 0.15) is 20.9 Å². The maximum Gasteiger partial charge on any atom is 0.263 e. The summed E-state index contributed by atoms with van der Waals surface area (Å²) in [6.45, 7) is 2.25. The molecule has 2 aromatic carbocycles. The fraction of sp³-hybridized carbons (Fsp3) is 0.182. The lowest BCUT2D eigenvalue weighted by molar-refractivity contribution is 0.0954. The van der Waals surface area contributed by atoms with Crippen molar-refractivity contribution in [1.29, 1.82) is 0 Å². The molecule has 4 aromatic rings. The summed E-state index contributed by atoms with van der Waals surface area (Å²) in [6, 6.07) is 13.4. The summed E-state index contributed by atoms with van der Waals surface area (Å²) in [7, 11) is 3.18. The largest absolute Gasteiger partial charge is 0.493 e. The van der Waals surface area contributed by atoms with E-state index in [-0.39, 0.29) is 5.91 Å². The lowest BCUT2D eigenvalue weighted by Crippen LogP contribution is -2.22. The lowest BCUT2D eigenvalue weighted by atomic mass is 10.2. The molecule has 0 bridgehead atoms. The van der Waals surface area contributed by atoms with Gasteiger partial charge in [-0.1, -0.05) is 12.1 Å². The predicted octanol–water partition coefficient (Wildman–Crippen LogP) is 3.65. The van der Waals surface area contributed by atoms with Gasteiger partial charge in [0.1, 0.15) is 22.5 Å². The molecule has 2 heterocycles. The highest BCUT2D eigenvalue weighted by atomic mass is 32.1. The number of hydrogen-bond acceptors (Lipinski definition) is 7. The van der Waals surface area contributed by atoms with Gasteiger partial charge in [0.05, 0.1) is 25.6 Å². The Balaban J connectivity index is 1.45. The SMILES string of the molecule is COc1ccc(-c2nc(C)c(C(=O)NCc3ccc(-n4cncn4)cc3)s2)cc1OC. The highest BCUT2D eigenvalue weighted by molar-refractivity contribution is 7.17. The van der Waals surface area contributed by atoms with Crippen LogP contribution in [0.15, 0.2) is 55.1 Å². The van der Waals surface area contributed by atoms with Crippen LogP contribution in [-0.4, -0.2) is 39.9 Å². The number of nitrogens with one attached hydrogen (secondary N) is 1. The molecule has 0 aliphatic heterocycles. The number of rotatable bonds is 7. The molecule has 0 spiro atoms. The monoisotopic (exact) mass is 435 g/mol. The average Bonchev–Trinajstić information content (AvgIpc) is 3.47. The van der Waals surface area contributed by atoms with E-state index in [4.69, 9.17) is 9.47 Å². The van der Waals surface area contributed by atoms with Gasteiger partial charge in [0.2, 0.25) is 0 Å². The number of hydrogen-bond donors (Lipinski definition) is 1. The van der Waals surface area contributed by atoms with Crippen LogP contribution in [0, 0.1) is 6.92 Å². The highest BCUT2D eigenvalue weighted by Crippen LogP contribution is 2.35. The van der Waals surface area contributed by atoms with Crippen LogP contribution in [0.3, 0.4) is 0 Å². The molecule has 0 saturated heterocycles. The van der Waals surface area contributed by atoms with Crippen LogP contribution >= 0.6 is 11.3 Å². The maximum absolute atomic E-state index is 12.8. The molecule has 0 radical (unpaired) electrons. The van der Waals surface area contributed by atoms with E-state index in [9.17, 15) is 4.79 Å². The molecule has 4 rings (SSSR count). The Kier molecular flexibility index (Phi) is 5.94. The van der Waals surface area contributed by atoms with Crippen LogP contribution in [-0.2, 0) is 6.54 Å². The molecule has 2 aromatic heterocycles. The third kappa shape index (κ3) is 4.41. The zero-order valence-corrected chi connectivity index (χ0v) is 18.1.